The lowest BCUT2D eigenvalue weighted by Gasteiger charge is -2.19. The molecule has 1 atom stereocenters. The summed E-state index contributed by atoms with van der Waals surface area (Å²) in [6, 6.07) is 0. The van der Waals surface area contributed by atoms with Crippen LogP contribution in [0.2, 0.25) is 0 Å². The maximum absolute atomic E-state index is 4.01. The normalized spacial score (nSPS) is 12.9. The second kappa shape index (κ2) is 7.86. The molecule has 0 spiro atoms. The highest BCUT2D eigenvalue weighted by molar-refractivity contribution is 4.94. The van der Waals surface area contributed by atoms with Gasteiger partial charge in [-0.1, -0.05) is 33.8 Å². The van der Waals surface area contributed by atoms with Gasteiger partial charge in [-0.25, -0.2) is 0 Å². The number of nitrogens with one attached hydrogen (secondary N) is 2. The van der Waals surface area contributed by atoms with Gasteiger partial charge >= 0.3 is 0 Å². The summed E-state index contributed by atoms with van der Waals surface area (Å²) in [4.78, 5) is 0. The topological polar surface area (TPSA) is 24.1 Å². The third-order valence-corrected chi connectivity index (χ3v) is 2.69. The largest absolute Gasteiger partial charge is 0.388 e. The zero-order chi connectivity index (χ0) is 11.0. The van der Waals surface area contributed by atoms with Crippen LogP contribution in [0.25, 0.3) is 0 Å². The predicted octanol–water partition coefficient (Wildman–Crippen LogP) is 2.38. The van der Waals surface area contributed by atoms with E-state index in [-0.39, 0.29) is 0 Å². The average Bonchev–Trinajstić information content (AvgIpc) is 2.17. The molecule has 0 saturated heterocycles. The molecule has 84 valence electrons. The van der Waals surface area contributed by atoms with Crippen LogP contribution < -0.4 is 10.6 Å². The van der Waals surface area contributed by atoms with Crippen LogP contribution in [0.5, 0.6) is 0 Å². The molecule has 0 aliphatic rings. The van der Waals surface area contributed by atoms with E-state index in [2.05, 4.69) is 38.0 Å². The van der Waals surface area contributed by atoms with E-state index in [4.69, 9.17) is 0 Å². The molecule has 2 nitrogen and oxygen atoms in total. The van der Waals surface area contributed by atoms with Crippen molar-refractivity contribution in [2.45, 2.75) is 33.6 Å². The first kappa shape index (κ1) is 13.5. The van der Waals surface area contributed by atoms with Crippen LogP contribution in [-0.4, -0.2) is 20.1 Å². The van der Waals surface area contributed by atoms with Crippen molar-refractivity contribution in [3.8, 4) is 0 Å². The summed E-state index contributed by atoms with van der Waals surface area (Å²) in [5.74, 6) is 1.30. The molecule has 1 unspecified atom stereocenters. The standard InChI is InChI=1S/C12H26N2/c1-6-12(7-8-13-5)9-14-11(4)10(2)3/h10,12-14H,4,6-9H2,1-3,5H3. The minimum atomic E-state index is 0.539. The smallest absolute Gasteiger partial charge is 0.0172 e. The molecule has 0 bridgehead atoms. The van der Waals surface area contributed by atoms with E-state index >= 15 is 0 Å². The summed E-state index contributed by atoms with van der Waals surface area (Å²) in [6.07, 6.45) is 2.48. The lowest BCUT2D eigenvalue weighted by atomic mass is 10.0. The SMILES string of the molecule is C=C(NCC(CC)CCNC)C(C)C. The molecule has 0 saturated carbocycles. The zero-order valence-electron chi connectivity index (χ0n) is 10.2. The quantitative estimate of drug-likeness (QED) is 0.626. The number of hydrogen-bond donors (Lipinski definition) is 2. The highest BCUT2D eigenvalue weighted by atomic mass is 14.9. The van der Waals surface area contributed by atoms with Gasteiger partial charge in [-0.2, -0.15) is 0 Å². The van der Waals surface area contributed by atoms with Crippen molar-refractivity contribution in [2.24, 2.45) is 11.8 Å². The van der Waals surface area contributed by atoms with Crippen molar-refractivity contribution in [3.05, 3.63) is 12.3 Å². The zero-order valence-corrected chi connectivity index (χ0v) is 10.2. The number of rotatable bonds is 8. The van der Waals surface area contributed by atoms with Gasteiger partial charge < -0.3 is 10.6 Å². The van der Waals surface area contributed by atoms with E-state index < -0.39 is 0 Å². The van der Waals surface area contributed by atoms with Gasteiger partial charge in [-0.3, -0.25) is 0 Å². The van der Waals surface area contributed by atoms with Crippen LogP contribution in [0.1, 0.15) is 33.6 Å². The third kappa shape index (κ3) is 6.03. The van der Waals surface area contributed by atoms with Crippen LogP contribution in [0.4, 0.5) is 0 Å². The minimum absolute atomic E-state index is 0.539. The molecule has 0 fully saturated rings. The van der Waals surface area contributed by atoms with Gasteiger partial charge in [0.25, 0.3) is 0 Å². The first-order valence-corrected chi connectivity index (χ1v) is 5.69. The summed E-state index contributed by atoms with van der Waals surface area (Å²) in [5.41, 5.74) is 1.16. The fraction of sp³-hybridized carbons (Fsp3) is 0.833. The van der Waals surface area contributed by atoms with Gasteiger partial charge in [0.2, 0.25) is 0 Å². The van der Waals surface area contributed by atoms with Gasteiger partial charge in [-0.15, -0.1) is 0 Å². The van der Waals surface area contributed by atoms with Gasteiger partial charge in [0.05, 0.1) is 0 Å². The van der Waals surface area contributed by atoms with Crippen LogP contribution in [0.15, 0.2) is 12.3 Å². The molecule has 2 N–H and O–H groups in total. The molecule has 0 rings (SSSR count). The van der Waals surface area contributed by atoms with E-state index in [1.807, 2.05) is 7.05 Å². The number of hydrogen-bond acceptors (Lipinski definition) is 2. The Balaban J connectivity index is 3.66. The maximum atomic E-state index is 4.01. The Bertz CT molecular complexity index is 152. The van der Waals surface area contributed by atoms with E-state index in [0.717, 1.165) is 24.7 Å². The Hall–Kier alpha value is -0.500. The van der Waals surface area contributed by atoms with E-state index in [1.54, 1.807) is 0 Å². The van der Waals surface area contributed by atoms with Crippen molar-refractivity contribution < 1.29 is 0 Å². The molecule has 14 heavy (non-hydrogen) atoms. The maximum Gasteiger partial charge on any atom is 0.0172 e. The fourth-order valence-corrected chi connectivity index (χ4v) is 1.28. The molecule has 0 amide bonds. The summed E-state index contributed by atoms with van der Waals surface area (Å²) in [5, 5.41) is 6.61. The van der Waals surface area contributed by atoms with Gasteiger partial charge in [0.1, 0.15) is 0 Å². The molecule has 0 aromatic rings. The van der Waals surface area contributed by atoms with Crippen molar-refractivity contribution in [2.75, 3.05) is 20.1 Å². The molecule has 0 aliphatic carbocycles. The molecule has 0 radical (unpaired) electrons. The van der Waals surface area contributed by atoms with Crippen molar-refractivity contribution in [1.29, 1.82) is 0 Å². The third-order valence-electron chi connectivity index (χ3n) is 2.69. The summed E-state index contributed by atoms with van der Waals surface area (Å²) >= 11 is 0. The second-order valence-corrected chi connectivity index (χ2v) is 4.23. The lowest BCUT2D eigenvalue weighted by molar-refractivity contribution is 0.436. The molecular formula is C12H26N2. The van der Waals surface area contributed by atoms with Crippen LogP contribution >= 0.6 is 0 Å². The van der Waals surface area contributed by atoms with E-state index in [1.165, 1.54) is 12.8 Å². The van der Waals surface area contributed by atoms with Crippen LogP contribution in [0, 0.1) is 11.8 Å². The molecule has 0 aromatic heterocycles. The summed E-state index contributed by atoms with van der Waals surface area (Å²) < 4.78 is 0. The Kier molecular flexibility index (Phi) is 7.58. The monoisotopic (exact) mass is 198 g/mol. The molecule has 2 heteroatoms. The Labute approximate surface area is 89.2 Å². The van der Waals surface area contributed by atoms with Gasteiger partial charge in [0, 0.05) is 12.2 Å². The summed E-state index contributed by atoms with van der Waals surface area (Å²) in [7, 11) is 2.01. The molecule has 0 heterocycles. The van der Waals surface area contributed by atoms with E-state index in [0.29, 0.717) is 5.92 Å². The Morgan fingerprint density at radius 3 is 2.43 bits per heavy atom. The minimum Gasteiger partial charge on any atom is -0.388 e. The van der Waals surface area contributed by atoms with Crippen LogP contribution in [0.3, 0.4) is 0 Å². The first-order chi connectivity index (χ1) is 6.61. The molecule has 0 aliphatic heterocycles. The van der Waals surface area contributed by atoms with Crippen molar-refractivity contribution in [3.63, 3.8) is 0 Å². The van der Waals surface area contributed by atoms with E-state index in [9.17, 15) is 0 Å². The second-order valence-electron chi connectivity index (χ2n) is 4.23. The van der Waals surface area contributed by atoms with Gasteiger partial charge in [-0.05, 0) is 31.8 Å². The summed E-state index contributed by atoms with van der Waals surface area (Å²) in [6.45, 7) is 12.8. The fourth-order valence-electron chi connectivity index (χ4n) is 1.28. The highest BCUT2D eigenvalue weighted by Crippen LogP contribution is 2.08. The Morgan fingerprint density at radius 1 is 1.36 bits per heavy atom. The predicted molar refractivity (Wildman–Crippen MR) is 64.3 cm³/mol. The first-order valence-electron chi connectivity index (χ1n) is 5.69. The highest BCUT2D eigenvalue weighted by Gasteiger charge is 2.06. The van der Waals surface area contributed by atoms with Crippen LogP contribution in [-0.2, 0) is 0 Å². The van der Waals surface area contributed by atoms with Gasteiger partial charge in [0.15, 0.2) is 0 Å². The Morgan fingerprint density at radius 2 is 2.00 bits per heavy atom. The van der Waals surface area contributed by atoms with Crippen molar-refractivity contribution >= 4 is 0 Å². The lowest BCUT2D eigenvalue weighted by Crippen LogP contribution is -2.26. The molecule has 0 aromatic carbocycles. The number of allylic oxidation sites excluding steroid dienone is 1. The van der Waals surface area contributed by atoms with Crippen molar-refractivity contribution in [1.82, 2.24) is 10.6 Å². The molecular weight excluding hydrogens is 172 g/mol. The average molecular weight is 198 g/mol.